The SMILES string of the molecule is CC(CN)CC(=O)NC(C)c1ccc2[nH]c(=O)[nH]c2c1. The van der Waals surface area contributed by atoms with E-state index in [2.05, 4.69) is 15.3 Å². The first-order valence-corrected chi connectivity index (χ1v) is 6.71. The van der Waals surface area contributed by atoms with E-state index in [4.69, 9.17) is 5.73 Å². The lowest BCUT2D eigenvalue weighted by Crippen LogP contribution is -2.29. The van der Waals surface area contributed by atoms with E-state index in [1.165, 1.54) is 0 Å². The van der Waals surface area contributed by atoms with Crippen molar-refractivity contribution in [3.05, 3.63) is 34.2 Å². The Kier molecular flexibility index (Phi) is 4.24. The van der Waals surface area contributed by atoms with Gasteiger partial charge in [0.05, 0.1) is 17.1 Å². The molecule has 0 aliphatic rings. The largest absolute Gasteiger partial charge is 0.350 e. The number of aromatic nitrogens is 2. The Morgan fingerprint density at radius 2 is 2.00 bits per heavy atom. The van der Waals surface area contributed by atoms with E-state index in [1.54, 1.807) is 0 Å². The Morgan fingerprint density at radius 1 is 1.30 bits per heavy atom. The zero-order valence-electron chi connectivity index (χ0n) is 11.7. The van der Waals surface area contributed by atoms with Crippen LogP contribution in [0.3, 0.4) is 0 Å². The molecule has 20 heavy (non-hydrogen) atoms. The predicted molar refractivity (Wildman–Crippen MR) is 78.3 cm³/mol. The number of amides is 1. The fourth-order valence-corrected chi connectivity index (χ4v) is 2.10. The Labute approximate surface area is 116 Å². The molecule has 0 saturated carbocycles. The number of hydrogen-bond acceptors (Lipinski definition) is 3. The van der Waals surface area contributed by atoms with E-state index in [0.717, 1.165) is 16.6 Å². The summed E-state index contributed by atoms with van der Waals surface area (Å²) < 4.78 is 0. The molecule has 5 N–H and O–H groups in total. The number of nitrogens with one attached hydrogen (secondary N) is 3. The van der Waals surface area contributed by atoms with Crippen LogP contribution in [-0.2, 0) is 4.79 Å². The standard InChI is InChI=1S/C14H20N4O2/c1-8(7-15)5-13(19)16-9(2)10-3-4-11-12(6-10)18-14(20)17-11/h3-4,6,8-9H,5,7,15H2,1-2H3,(H,16,19)(H2,17,18,20). The Morgan fingerprint density at radius 3 is 2.70 bits per heavy atom. The van der Waals surface area contributed by atoms with Crippen LogP contribution in [0.25, 0.3) is 11.0 Å². The first-order valence-electron chi connectivity index (χ1n) is 6.71. The average molecular weight is 276 g/mol. The summed E-state index contributed by atoms with van der Waals surface area (Å²) in [6.07, 6.45) is 0.421. The fourth-order valence-electron chi connectivity index (χ4n) is 2.10. The first kappa shape index (κ1) is 14.3. The molecule has 0 saturated heterocycles. The zero-order valence-corrected chi connectivity index (χ0v) is 11.7. The summed E-state index contributed by atoms with van der Waals surface area (Å²) in [5, 5.41) is 2.94. The minimum atomic E-state index is -0.231. The third-order valence-electron chi connectivity index (χ3n) is 3.35. The molecule has 0 radical (unpaired) electrons. The lowest BCUT2D eigenvalue weighted by atomic mass is 10.1. The van der Waals surface area contributed by atoms with Crippen LogP contribution in [0.5, 0.6) is 0 Å². The highest BCUT2D eigenvalue weighted by Crippen LogP contribution is 2.17. The van der Waals surface area contributed by atoms with Crippen LogP contribution in [-0.4, -0.2) is 22.4 Å². The summed E-state index contributed by atoms with van der Waals surface area (Å²) >= 11 is 0. The smallest absolute Gasteiger partial charge is 0.323 e. The van der Waals surface area contributed by atoms with E-state index in [0.29, 0.717) is 13.0 Å². The number of nitrogens with two attached hydrogens (primary N) is 1. The molecule has 1 aromatic carbocycles. The maximum absolute atomic E-state index is 11.8. The van der Waals surface area contributed by atoms with Gasteiger partial charge in [0.1, 0.15) is 0 Å². The summed E-state index contributed by atoms with van der Waals surface area (Å²) in [5.41, 5.74) is 7.72. The molecule has 6 nitrogen and oxygen atoms in total. The molecule has 2 atom stereocenters. The monoisotopic (exact) mass is 276 g/mol. The number of hydrogen-bond donors (Lipinski definition) is 4. The minimum Gasteiger partial charge on any atom is -0.350 e. The lowest BCUT2D eigenvalue weighted by molar-refractivity contribution is -0.122. The van der Waals surface area contributed by atoms with Gasteiger partial charge in [-0.05, 0) is 37.1 Å². The lowest BCUT2D eigenvalue weighted by Gasteiger charge is -2.16. The predicted octanol–water partition coefficient (Wildman–Crippen LogP) is 1.02. The molecule has 0 aliphatic carbocycles. The quantitative estimate of drug-likeness (QED) is 0.655. The molecule has 0 spiro atoms. The van der Waals surface area contributed by atoms with Gasteiger partial charge in [-0.25, -0.2) is 4.79 Å². The number of imidazole rings is 1. The van der Waals surface area contributed by atoms with Crippen molar-refractivity contribution in [3.63, 3.8) is 0 Å². The van der Waals surface area contributed by atoms with E-state index in [9.17, 15) is 9.59 Å². The summed E-state index contributed by atoms with van der Waals surface area (Å²) in [4.78, 5) is 28.4. The van der Waals surface area contributed by atoms with Gasteiger partial charge in [0.15, 0.2) is 0 Å². The number of carbonyl (C=O) groups excluding carboxylic acids is 1. The second-order valence-electron chi connectivity index (χ2n) is 5.22. The number of H-pyrrole nitrogens is 2. The first-order chi connectivity index (χ1) is 9.49. The van der Waals surface area contributed by atoms with Crippen LogP contribution >= 0.6 is 0 Å². The highest BCUT2D eigenvalue weighted by Gasteiger charge is 2.13. The van der Waals surface area contributed by atoms with Crippen LogP contribution < -0.4 is 16.7 Å². The molecule has 108 valence electrons. The second-order valence-corrected chi connectivity index (χ2v) is 5.22. The van der Waals surface area contributed by atoms with Gasteiger partial charge >= 0.3 is 5.69 Å². The minimum absolute atomic E-state index is 0.0156. The van der Waals surface area contributed by atoms with Gasteiger partial charge in [-0.15, -0.1) is 0 Å². The maximum atomic E-state index is 11.8. The second kappa shape index (κ2) is 5.92. The molecule has 6 heteroatoms. The van der Waals surface area contributed by atoms with Gasteiger partial charge in [-0.1, -0.05) is 13.0 Å². The summed E-state index contributed by atoms with van der Waals surface area (Å²) in [6.45, 7) is 4.36. The third kappa shape index (κ3) is 3.27. The molecule has 2 rings (SSSR count). The molecule has 2 unspecified atom stereocenters. The van der Waals surface area contributed by atoms with Crippen molar-refractivity contribution in [3.8, 4) is 0 Å². The summed E-state index contributed by atoms with van der Waals surface area (Å²) in [5.74, 6) is 0.156. The maximum Gasteiger partial charge on any atom is 0.323 e. The van der Waals surface area contributed by atoms with Gasteiger partial charge < -0.3 is 21.0 Å². The highest BCUT2D eigenvalue weighted by atomic mass is 16.1. The number of aromatic amines is 2. The Hall–Kier alpha value is -2.08. The Balaban J connectivity index is 2.08. The van der Waals surface area contributed by atoms with Crippen molar-refractivity contribution < 1.29 is 4.79 Å². The van der Waals surface area contributed by atoms with E-state index < -0.39 is 0 Å². The van der Waals surface area contributed by atoms with Gasteiger partial charge in [-0.2, -0.15) is 0 Å². The number of benzene rings is 1. The summed E-state index contributed by atoms with van der Waals surface area (Å²) in [7, 11) is 0. The molecule has 1 aromatic heterocycles. The molecular weight excluding hydrogens is 256 g/mol. The van der Waals surface area contributed by atoms with Crippen LogP contribution in [0.1, 0.15) is 31.9 Å². The Bertz CT molecular complexity index is 658. The van der Waals surface area contributed by atoms with Gasteiger partial charge in [0, 0.05) is 6.42 Å². The fraction of sp³-hybridized carbons (Fsp3) is 0.429. The molecule has 0 bridgehead atoms. The van der Waals surface area contributed by atoms with Gasteiger partial charge in [0.25, 0.3) is 0 Å². The molecule has 2 aromatic rings. The van der Waals surface area contributed by atoms with Crippen molar-refractivity contribution in [1.82, 2.24) is 15.3 Å². The van der Waals surface area contributed by atoms with Gasteiger partial charge in [0.2, 0.25) is 5.91 Å². The van der Waals surface area contributed by atoms with E-state index >= 15 is 0 Å². The average Bonchev–Trinajstić information content (AvgIpc) is 2.77. The van der Waals surface area contributed by atoms with Crippen LogP contribution in [0, 0.1) is 5.92 Å². The normalized spacial score (nSPS) is 14.2. The topological polar surface area (TPSA) is 104 Å². The molecule has 1 amide bonds. The molecule has 0 fully saturated rings. The van der Waals surface area contributed by atoms with Crippen molar-refractivity contribution in [2.24, 2.45) is 11.7 Å². The molecule has 1 heterocycles. The third-order valence-corrected chi connectivity index (χ3v) is 3.35. The van der Waals surface area contributed by atoms with Crippen molar-refractivity contribution in [2.75, 3.05) is 6.54 Å². The van der Waals surface area contributed by atoms with E-state index in [-0.39, 0.29) is 23.6 Å². The number of carbonyl (C=O) groups is 1. The van der Waals surface area contributed by atoms with Crippen LogP contribution in [0.2, 0.25) is 0 Å². The number of rotatable bonds is 5. The van der Waals surface area contributed by atoms with Crippen LogP contribution in [0.15, 0.2) is 23.0 Å². The highest BCUT2D eigenvalue weighted by molar-refractivity contribution is 5.78. The van der Waals surface area contributed by atoms with Crippen molar-refractivity contribution in [2.45, 2.75) is 26.3 Å². The number of fused-ring (bicyclic) bond motifs is 1. The zero-order chi connectivity index (χ0) is 14.7. The molecular formula is C14H20N4O2. The molecule has 0 aliphatic heterocycles. The van der Waals surface area contributed by atoms with E-state index in [1.807, 2.05) is 32.0 Å². The summed E-state index contributed by atoms with van der Waals surface area (Å²) in [6, 6.07) is 5.47. The van der Waals surface area contributed by atoms with Crippen molar-refractivity contribution >= 4 is 16.9 Å². The van der Waals surface area contributed by atoms with Crippen molar-refractivity contribution in [1.29, 1.82) is 0 Å². The van der Waals surface area contributed by atoms with Crippen LogP contribution in [0.4, 0.5) is 0 Å². The van der Waals surface area contributed by atoms with Gasteiger partial charge in [-0.3, -0.25) is 4.79 Å².